The van der Waals surface area contributed by atoms with E-state index in [9.17, 15) is 9.90 Å². The summed E-state index contributed by atoms with van der Waals surface area (Å²) in [6.07, 6.45) is 0. The van der Waals surface area contributed by atoms with Crippen molar-refractivity contribution >= 4 is 11.5 Å². The van der Waals surface area contributed by atoms with Crippen LogP contribution in [0, 0.1) is 0 Å². The molecule has 2 aromatic rings. The molecule has 3 nitrogen and oxygen atoms in total. The fourth-order valence-corrected chi connectivity index (χ4v) is 2.40. The number of carbonyl (C=O) groups is 1. The molecule has 1 heterocycles. The van der Waals surface area contributed by atoms with E-state index in [2.05, 4.69) is 5.32 Å². The van der Waals surface area contributed by atoms with Crippen LogP contribution >= 0.6 is 0 Å². The SMILES string of the molecule is CC1(c2ccccc2)Nc2ccc(O)cc2C1=O. The minimum absolute atomic E-state index is 0.0143. The highest BCUT2D eigenvalue weighted by molar-refractivity contribution is 6.13. The zero-order valence-corrected chi connectivity index (χ0v) is 9.97. The normalized spacial score (nSPS) is 21.5. The van der Waals surface area contributed by atoms with Gasteiger partial charge in [0, 0.05) is 11.3 Å². The van der Waals surface area contributed by atoms with Crippen molar-refractivity contribution in [1.82, 2.24) is 0 Å². The van der Waals surface area contributed by atoms with Crippen LogP contribution < -0.4 is 5.32 Å². The Morgan fingerprint density at radius 3 is 2.56 bits per heavy atom. The summed E-state index contributed by atoms with van der Waals surface area (Å²) >= 11 is 0. The van der Waals surface area contributed by atoms with Crippen LogP contribution in [-0.4, -0.2) is 10.9 Å². The number of Topliss-reactive ketones (excluding diaryl/α,β-unsaturated/α-hetero) is 1. The van der Waals surface area contributed by atoms with E-state index in [-0.39, 0.29) is 11.5 Å². The lowest BCUT2D eigenvalue weighted by atomic mass is 9.88. The first-order valence-corrected chi connectivity index (χ1v) is 5.83. The Balaban J connectivity index is 2.12. The van der Waals surface area contributed by atoms with Crippen LogP contribution in [0.25, 0.3) is 0 Å². The molecule has 0 saturated carbocycles. The van der Waals surface area contributed by atoms with Gasteiger partial charge in [-0.2, -0.15) is 0 Å². The van der Waals surface area contributed by atoms with Crippen molar-refractivity contribution in [3.05, 3.63) is 59.7 Å². The van der Waals surface area contributed by atoms with Gasteiger partial charge >= 0.3 is 0 Å². The number of phenols is 1. The summed E-state index contributed by atoms with van der Waals surface area (Å²) in [6, 6.07) is 14.4. The molecular weight excluding hydrogens is 226 g/mol. The summed E-state index contributed by atoms with van der Waals surface area (Å²) in [5, 5.41) is 12.7. The molecule has 90 valence electrons. The summed E-state index contributed by atoms with van der Waals surface area (Å²) < 4.78 is 0. The predicted octanol–water partition coefficient (Wildman–Crippen LogP) is 2.92. The maximum absolute atomic E-state index is 12.5. The van der Waals surface area contributed by atoms with Crippen molar-refractivity contribution in [3.8, 4) is 5.75 Å². The Morgan fingerprint density at radius 1 is 1.11 bits per heavy atom. The molecule has 0 fully saturated rings. The van der Waals surface area contributed by atoms with Gasteiger partial charge in [-0.1, -0.05) is 30.3 Å². The second-order valence-corrected chi connectivity index (χ2v) is 4.68. The number of phenolic OH excluding ortho intramolecular Hbond substituents is 1. The average molecular weight is 239 g/mol. The molecule has 0 bridgehead atoms. The van der Waals surface area contributed by atoms with Crippen LogP contribution in [0.4, 0.5) is 5.69 Å². The van der Waals surface area contributed by atoms with Gasteiger partial charge < -0.3 is 10.4 Å². The van der Waals surface area contributed by atoms with Crippen LogP contribution in [0.3, 0.4) is 0 Å². The van der Waals surface area contributed by atoms with Crippen LogP contribution in [-0.2, 0) is 5.54 Å². The van der Waals surface area contributed by atoms with E-state index in [0.29, 0.717) is 5.56 Å². The van der Waals surface area contributed by atoms with E-state index in [0.717, 1.165) is 11.3 Å². The molecule has 0 saturated heterocycles. The summed E-state index contributed by atoms with van der Waals surface area (Å²) in [5.41, 5.74) is 1.48. The Hall–Kier alpha value is -2.29. The average Bonchev–Trinajstić information content (AvgIpc) is 2.65. The number of hydrogen-bond donors (Lipinski definition) is 2. The summed E-state index contributed by atoms with van der Waals surface area (Å²) in [5.74, 6) is 0.0980. The second kappa shape index (κ2) is 3.60. The Morgan fingerprint density at radius 2 is 1.83 bits per heavy atom. The predicted molar refractivity (Wildman–Crippen MR) is 69.9 cm³/mol. The molecule has 1 unspecified atom stereocenters. The largest absolute Gasteiger partial charge is 0.508 e. The van der Waals surface area contributed by atoms with E-state index in [1.807, 2.05) is 37.3 Å². The van der Waals surface area contributed by atoms with E-state index >= 15 is 0 Å². The van der Waals surface area contributed by atoms with Gasteiger partial charge in [0.1, 0.15) is 11.3 Å². The standard InChI is InChI=1S/C15H13NO2/c1-15(10-5-3-2-4-6-10)14(18)12-9-11(17)7-8-13(12)16-15/h2-9,16-17H,1H3. The lowest BCUT2D eigenvalue weighted by Gasteiger charge is -2.23. The van der Waals surface area contributed by atoms with Crippen molar-refractivity contribution in [1.29, 1.82) is 0 Å². The zero-order valence-electron chi connectivity index (χ0n) is 9.97. The number of carbonyl (C=O) groups excluding carboxylic acids is 1. The van der Waals surface area contributed by atoms with E-state index < -0.39 is 5.54 Å². The Kier molecular flexibility index (Phi) is 2.17. The number of anilines is 1. The molecule has 1 atom stereocenters. The molecule has 2 N–H and O–H groups in total. The molecule has 3 rings (SSSR count). The van der Waals surface area contributed by atoms with Gasteiger partial charge in [-0.15, -0.1) is 0 Å². The number of hydrogen-bond acceptors (Lipinski definition) is 3. The number of rotatable bonds is 1. The Bertz CT molecular complexity index is 622. The van der Waals surface area contributed by atoms with Crippen molar-refractivity contribution in [2.45, 2.75) is 12.5 Å². The lowest BCUT2D eigenvalue weighted by Crippen LogP contribution is -2.34. The molecule has 2 aromatic carbocycles. The van der Waals surface area contributed by atoms with Crippen molar-refractivity contribution < 1.29 is 9.90 Å². The fraction of sp³-hybridized carbons (Fsp3) is 0.133. The maximum atomic E-state index is 12.5. The number of fused-ring (bicyclic) bond motifs is 1. The number of ketones is 1. The van der Waals surface area contributed by atoms with Crippen molar-refractivity contribution in [2.24, 2.45) is 0 Å². The first-order chi connectivity index (χ1) is 8.61. The monoisotopic (exact) mass is 239 g/mol. The van der Waals surface area contributed by atoms with Crippen LogP contribution in [0.15, 0.2) is 48.5 Å². The molecule has 0 spiro atoms. The molecule has 1 aliphatic heterocycles. The van der Waals surface area contributed by atoms with Gasteiger partial charge in [0.2, 0.25) is 0 Å². The van der Waals surface area contributed by atoms with Crippen LogP contribution in [0.5, 0.6) is 5.75 Å². The van der Waals surface area contributed by atoms with Crippen molar-refractivity contribution in [2.75, 3.05) is 5.32 Å². The molecule has 3 heteroatoms. The van der Waals surface area contributed by atoms with E-state index in [4.69, 9.17) is 0 Å². The Labute approximate surface area is 105 Å². The maximum Gasteiger partial charge on any atom is 0.194 e. The van der Waals surface area contributed by atoms with Crippen molar-refractivity contribution in [3.63, 3.8) is 0 Å². The molecule has 18 heavy (non-hydrogen) atoms. The summed E-state index contributed by atoms with van der Waals surface area (Å²) in [4.78, 5) is 12.5. The zero-order chi connectivity index (χ0) is 12.8. The third-order valence-corrected chi connectivity index (χ3v) is 3.44. The third-order valence-electron chi connectivity index (χ3n) is 3.44. The molecule has 0 radical (unpaired) electrons. The summed E-state index contributed by atoms with van der Waals surface area (Å²) in [7, 11) is 0. The fourth-order valence-electron chi connectivity index (χ4n) is 2.40. The number of nitrogens with one attached hydrogen (secondary N) is 1. The minimum Gasteiger partial charge on any atom is -0.508 e. The highest BCUT2D eigenvalue weighted by atomic mass is 16.3. The highest BCUT2D eigenvalue weighted by Gasteiger charge is 2.42. The molecule has 0 amide bonds. The van der Waals surface area contributed by atoms with Gasteiger partial charge in [-0.25, -0.2) is 0 Å². The third kappa shape index (κ3) is 1.40. The topological polar surface area (TPSA) is 49.3 Å². The second-order valence-electron chi connectivity index (χ2n) is 4.68. The first kappa shape index (κ1) is 10.8. The molecule has 1 aliphatic rings. The minimum atomic E-state index is -0.753. The van der Waals surface area contributed by atoms with Gasteiger partial charge in [-0.3, -0.25) is 4.79 Å². The summed E-state index contributed by atoms with van der Waals surface area (Å²) in [6.45, 7) is 1.86. The van der Waals surface area contributed by atoms with Gasteiger partial charge in [-0.05, 0) is 30.7 Å². The smallest absolute Gasteiger partial charge is 0.194 e. The molecule has 0 aromatic heterocycles. The molecular formula is C15H13NO2. The first-order valence-electron chi connectivity index (χ1n) is 5.83. The lowest BCUT2D eigenvalue weighted by molar-refractivity contribution is 0.0928. The quantitative estimate of drug-likeness (QED) is 0.752. The van der Waals surface area contributed by atoms with Gasteiger partial charge in [0.05, 0.1) is 0 Å². The van der Waals surface area contributed by atoms with Crippen LogP contribution in [0.1, 0.15) is 22.8 Å². The van der Waals surface area contributed by atoms with E-state index in [1.54, 1.807) is 12.1 Å². The van der Waals surface area contributed by atoms with Gasteiger partial charge in [0.15, 0.2) is 5.78 Å². The van der Waals surface area contributed by atoms with Gasteiger partial charge in [0.25, 0.3) is 0 Å². The number of aromatic hydroxyl groups is 1. The number of benzene rings is 2. The highest BCUT2D eigenvalue weighted by Crippen LogP contribution is 2.39. The molecule has 0 aliphatic carbocycles. The van der Waals surface area contributed by atoms with Crippen LogP contribution in [0.2, 0.25) is 0 Å². The van der Waals surface area contributed by atoms with E-state index in [1.165, 1.54) is 6.07 Å².